The number of rotatable bonds is 3. The number of ketones is 1. The summed E-state index contributed by atoms with van der Waals surface area (Å²) in [4.78, 5) is 12.0. The monoisotopic (exact) mass is 256 g/mol. The van der Waals surface area contributed by atoms with Crippen LogP contribution in [0.15, 0.2) is 18.2 Å². The number of ether oxygens (including phenoxy) is 1. The average molecular weight is 257 g/mol. The molecule has 0 amide bonds. The second-order valence-electron chi connectivity index (χ2n) is 4.40. The first-order chi connectivity index (χ1) is 8.09. The van der Waals surface area contributed by atoms with Crippen molar-refractivity contribution in [1.82, 2.24) is 0 Å². The van der Waals surface area contributed by atoms with E-state index in [4.69, 9.17) is 16.3 Å². The molecule has 4 heteroatoms. The zero-order chi connectivity index (χ0) is 12.4. The summed E-state index contributed by atoms with van der Waals surface area (Å²) in [6, 6.07) is 4.43. The van der Waals surface area contributed by atoms with Crippen LogP contribution in [0.1, 0.15) is 18.9 Å². The van der Waals surface area contributed by atoms with Gasteiger partial charge in [0.2, 0.25) is 0 Å². The fraction of sp³-hybridized carbons (Fsp3) is 0.462. The summed E-state index contributed by atoms with van der Waals surface area (Å²) in [7, 11) is 0. The third-order valence-corrected chi connectivity index (χ3v) is 3.47. The molecule has 92 valence electrons. The van der Waals surface area contributed by atoms with E-state index in [1.807, 2.05) is 6.92 Å². The van der Waals surface area contributed by atoms with E-state index < -0.39 is 11.9 Å². The van der Waals surface area contributed by atoms with Gasteiger partial charge in [-0.2, -0.15) is 0 Å². The van der Waals surface area contributed by atoms with Crippen molar-refractivity contribution in [2.75, 3.05) is 6.61 Å². The number of halogens is 2. The first-order valence-corrected chi connectivity index (χ1v) is 6.04. The maximum atomic E-state index is 13.5. The lowest BCUT2D eigenvalue weighted by Crippen LogP contribution is -2.27. The van der Waals surface area contributed by atoms with Crippen LogP contribution in [0.4, 0.5) is 4.39 Å². The van der Waals surface area contributed by atoms with Crippen LogP contribution in [-0.4, -0.2) is 18.5 Å². The summed E-state index contributed by atoms with van der Waals surface area (Å²) in [5.74, 6) is -0.327. The molecular formula is C13H14ClFO2. The van der Waals surface area contributed by atoms with Crippen molar-refractivity contribution in [2.24, 2.45) is 5.92 Å². The van der Waals surface area contributed by atoms with Gasteiger partial charge < -0.3 is 4.74 Å². The lowest BCUT2D eigenvalue weighted by atomic mass is 9.96. The molecule has 17 heavy (non-hydrogen) atoms. The highest BCUT2D eigenvalue weighted by Crippen LogP contribution is 2.25. The van der Waals surface area contributed by atoms with Gasteiger partial charge >= 0.3 is 0 Å². The molecule has 1 saturated heterocycles. The van der Waals surface area contributed by atoms with Gasteiger partial charge in [-0.15, -0.1) is 0 Å². The van der Waals surface area contributed by atoms with Crippen molar-refractivity contribution in [1.29, 1.82) is 0 Å². The Morgan fingerprint density at radius 2 is 2.35 bits per heavy atom. The van der Waals surface area contributed by atoms with E-state index in [9.17, 15) is 9.18 Å². The molecule has 0 saturated carbocycles. The Bertz CT molecular complexity index is 413. The molecule has 2 atom stereocenters. The minimum atomic E-state index is -0.434. The number of Topliss-reactive ketones (excluding diaryl/α,β-unsaturated/α-hetero) is 1. The fourth-order valence-corrected chi connectivity index (χ4v) is 2.31. The van der Waals surface area contributed by atoms with Crippen LogP contribution in [-0.2, 0) is 16.0 Å². The van der Waals surface area contributed by atoms with E-state index >= 15 is 0 Å². The van der Waals surface area contributed by atoms with Crippen molar-refractivity contribution in [3.63, 3.8) is 0 Å². The maximum absolute atomic E-state index is 13.5. The zero-order valence-electron chi connectivity index (χ0n) is 9.58. The number of carbonyl (C=O) groups is 1. The Labute approximate surface area is 105 Å². The van der Waals surface area contributed by atoms with Crippen molar-refractivity contribution in [3.8, 4) is 0 Å². The second-order valence-corrected chi connectivity index (χ2v) is 4.81. The summed E-state index contributed by atoms with van der Waals surface area (Å²) in [5.41, 5.74) is 0.266. The summed E-state index contributed by atoms with van der Waals surface area (Å²) in [6.07, 6.45) is 0.465. The molecule has 1 fully saturated rings. The highest BCUT2D eigenvalue weighted by Gasteiger charge is 2.31. The molecule has 0 spiro atoms. The third-order valence-electron chi connectivity index (χ3n) is 3.12. The number of hydrogen-bond acceptors (Lipinski definition) is 2. The quantitative estimate of drug-likeness (QED) is 0.831. The minimum Gasteiger partial charge on any atom is -0.370 e. The molecule has 1 aromatic rings. The molecule has 1 aliphatic rings. The molecule has 1 aromatic carbocycles. The van der Waals surface area contributed by atoms with Gasteiger partial charge in [0.25, 0.3) is 0 Å². The van der Waals surface area contributed by atoms with Gasteiger partial charge in [0.1, 0.15) is 11.9 Å². The molecule has 2 rings (SSSR count). The molecule has 2 unspecified atom stereocenters. The largest absolute Gasteiger partial charge is 0.370 e. The van der Waals surface area contributed by atoms with Crippen LogP contribution >= 0.6 is 11.6 Å². The highest BCUT2D eigenvalue weighted by molar-refractivity contribution is 6.31. The van der Waals surface area contributed by atoms with Crippen LogP contribution in [0.2, 0.25) is 5.02 Å². The Morgan fingerprint density at radius 3 is 2.94 bits per heavy atom. The second kappa shape index (κ2) is 5.15. The molecule has 0 radical (unpaired) electrons. The Hall–Kier alpha value is -0.930. The topological polar surface area (TPSA) is 26.3 Å². The normalized spacial score (nSPS) is 23.9. The summed E-state index contributed by atoms with van der Waals surface area (Å²) in [6.45, 7) is 2.57. The summed E-state index contributed by atoms with van der Waals surface area (Å²) >= 11 is 5.88. The SMILES string of the molecule is CC1CCOC1C(=O)Cc1c(F)cccc1Cl. The van der Waals surface area contributed by atoms with E-state index in [1.165, 1.54) is 12.1 Å². The molecule has 0 N–H and O–H groups in total. The first kappa shape index (κ1) is 12.5. The summed E-state index contributed by atoms with van der Waals surface area (Å²) < 4.78 is 18.9. The molecule has 2 nitrogen and oxygen atoms in total. The van der Waals surface area contributed by atoms with E-state index in [0.717, 1.165) is 6.42 Å². The molecule has 0 bridgehead atoms. The van der Waals surface area contributed by atoms with E-state index in [1.54, 1.807) is 6.07 Å². The molecule has 0 aromatic heterocycles. The number of hydrogen-bond donors (Lipinski definition) is 0. The third kappa shape index (κ3) is 2.67. The van der Waals surface area contributed by atoms with Crippen molar-refractivity contribution in [2.45, 2.75) is 25.9 Å². The minimum absolute atomic E-state index is 0.000509. The lowest BCUT2D eigenvalue weighted by molar-refractivity contribution is -0.128. The smallest absolute Gasteiger partial charge is 0.166 e. The van der Waals surface area contributed by atoms with E-state index in [0.29, 0.717) is 11.6 Å². The van der Waals surface area contributed by atoms with Crippen molar-refractivity contribution >= 4 is 17.4 Å². The Balaban J connectivity index is 2.13. The van der Waals surface area contributed by atoms with Crippen LogP contribution in [0.3, 0.4) is 0 Å². The predicted octanol–water partition coefficient (Wildman–Crippen LogP) is 3.02. The van der Waals surface area contributed by atoms with Crippen LogP contribution in [0.25, 0.3) is 0 Å². The lowest BCUT2D eigenvalue weighted by Gasteiger charge is -2.13. The van der Waals surface area contributed by atoms with Crippen LogP contribution in [0, 0.1) is 11.7 Å². The van der Waals surface area contributed by atoms with Gasteiger partial charge in [-0.05, 0) is 24.5 Å². The standard InChI is InChI=1S/C13H14ClFO2/c1-8-5-6-17-13(8)12(16)7-9-10(14)3-2-4-11(9)15/h2-4,8,13H,5-7H2,1H3. The van der Waals surface area contributed by atoms with Crippen molar-refractivity contribution in [3.05, 3.63) is 34.6 Å². The van der Waals surface area contributed by atoms with Gasteiger partial charge in [-0.1, -0.05) is 24.6 Å². The van der Waals surface area contributed by atoms with Gasteiger partial charge in [0.15, 0.2) is 5.78 Å². The fourth-order valence-electron chi connectivity index (χ4n) is 2.08. The van der Waals surface area contributed by atoms with Gasteiger partial charge in [-0.25, -0.2) is 4.39 Å². The first-order valence-electron chi connectivity index (χ1n) is 5.67. The molecule has 1 aliphatic heterocycles. The van der Waals surface area contributed by atoms with E-state index in [2.05, 4.69) is 0 Å². The van der Waals surface area contributed by atoms with Gasteiger partial charge in [-0.3, -0.25) is 4.79 Å². The van der Waals surface area contributed by atoms with Gasteiger partial charge in [0.05, 0.1) is 0 Å². The Morgan fingerprint density at radius 1 is 1.59 bits per heavy atom. The van der Waals surface area contributed by atoms with Crippen molar-refractivity contribution < 1.29 is 13.9 Å². The number of benzene rings is 1. The summed E-state index contributed by atoms with van der Waals surface area (Å²) in [5, 5.41) is 0.295. The predicted molar refractivity (Wildman–Crippen MR) is 63.6 cm³/mol. The molecular weight excluding hydrogens is 243 g/mol. The van der Waals surface area contributed by atoms with Crippen LogP contribution in [0.5, 0.6) is 0 Å². The van der Waals surface area contributed by atoms with E-state index in [-0.39, 0.29) is 23.7 Å². The highest BCUT2D eigenvalue weighted by atomic mass is 35.5. The maximum Gasteiger partial charge on any atom is 0.166 e. The number of carbonyl (C=O) groups excluding carboxylic acids is 1. The molecule has 1 heterocycles. The molecule has 0 aliphatic carbocycles. The van der Waals surface area contributed by atoms with Gasteiger partial charge in [0, 0.05) is 23.6 Å². The van der Waals surface area contributed by atoms with Crippen LogP contribution < -0.4 is 0 Å². The Kier molecular flexibility index (Phi) is 3.79. The average Bonchev–Trinajstić information content (AvgIpc) is 2.70. The zero-order valence-corrected chi connectivity index (χ0v) is 10.3.